The number of nitrogens with zero attached hydrogens (tertiary/aromatic N) is 1. The molecule has 0 spiro atoms. The summed E-state index contributed by atoms with van der Waals surface area (Å²) in [6.07, 6.45) is 0.973. The molecule has 0 saturated carbocycles. The second-order valence-electron chi connectivity index (χ2n) is 4.63. The molecule has 2 rings (SSSR count). The standard InChI is InChI=1S/C13H19ClN2O/c1-16(2)5-4-15-9-11-8-12(14)7-10-3-6-17-13(10)11/h7-8,15H,3-6,9H2,1-2H3. The van der Waals surface area contributed by atoms with Crippen LogP contribution in [0.5, 0.6) is 5.75 Å². The first-order valence-electron chi connectivity index (χ1n) is 5.96. The Kier molecular flexibility index (Phi) is 4.26. The average molecular weight is 255 g/mol. The summed E-state index contributed by atoms with van der Waals surface area (Å²) >= 11 is 6.10. The van der Waals surface area contributed by atoms with Crippen LogP contribution in [0.1, 0.15) is 11.1 Å². The van der Waals surface area contributed by atoms with Crippen LogP contribution in [0, 0.1) is 0 Å². The van der Waals surface area contributed by atoms with E-state index in [1.54, 1.807) is 0 Å². The van der Waals surface area contributed by atoms with Gasteiger partial charge in [0, 0.05) is 36.6 Å². The van der Waals surface area contributed by atoms with Gasteiger partial charge in [0.1, 0.15) is 5.75 Å². The second-order valence-corrected chi connectivity index (χ2v) is 5.07. The Morgan fingerprint density at radius 2 is 2.24 bits per heavy atom. The van der Waals surface area contributed by atoms with E-state index in [-0.39, 0.29) is 0 Å². The molecule has 1 aliphatic rings. The zero-order valence-corrected chi connectivity index (χ0v) is 11.2. The molecule has 0 unspecified atom stereocenters. The van der Waals surface area contributed by atoms with Gasteiger partial charge in [-0.05, 0) is 31.8 Å². The lowest BCUT2D eigenvalue weighted by Gasteiger charge is -2.12. The molecule has 0 amide bonds. The molecule has 1 aromatic rings. The van der Waals surface area contributed by atoms with Crippen LogP contribution in [0.3, 0.4) is 0 Å². The number of fused-ring (bicyclic) bond motifs is 1. The normalized spacial score (nSPS) is 13.9. The van der Waals surface area contributed by atoms with Crippen molar-refractivity contribution in [3.05, 3.63) is 28.3 Å². The smallest absolute Gasteiger partial charge is 0.127 e. The minimum Gasteiger partial charge on any atom is -0.493 e. The molecular formula is C13H19ClN2O. The van der Waals surface area contributed by atoms with E-state index in [1.807, 2.05) is 12.1 Å². The molecule has 0 atom stereocenters. The Hall–Kier alpha value is -0.770. The number of ether oxygens (including phenoxy) is 1. The van der Waals surface area contributed by atoms with Crippen LogP contribution in [-0.2, 0) is 13.0 Å². The number of nitrogens with one attached hydrogen (secondary N) is 1. The molecule has 4 heteroatoms. The quantitative estimate of drug-likeness (QED) is 0.813. The number of halogens is 1. The summed E-state index contributed by atoms with van der Waals surface area (Å²) in [4.78, 5) is 2.16. The van der Waals surface area contributed by atoms with E-state index in [0.29, 0.717) is 0 Å². The first-order chi connectivity index (χ1) is 8.16. The second kappa shape index (κ2) is 5.71. The zero-order valence-electron chi connectivity index (χ0n) is 10.4. The number of likely N-dealkylation sites (N-methyl/N-ethyl adjacent to an activating group) is 1. The van der Waals surface area contributed by atoms with E-state index in [9.17, 15) is 0 Å². The molecule has 1 aliphatic heterocycles. The van der Waals surface area contributed by atoms with Crippen molar-refractivity contribution in [3.8, 4) is 5.75 Å². The Bertz CT molecular complexity index is 393. The molecule has 1 aromatic carbocycles. The van der Waals surface area contributed by atoms with E-state index < -0.39 is 0 Å². The van der Waals surface area contributed by atoms with Gasteiger partial charge in [0.25, 0.3) is 0 Å². The van der Waals surface area contributed by atoms with Gasteiger partial charge in [-0.3, -0.25) is 0 Å². The third-order valence-corrected chi connectivity index (χ3v) is 3.09. The topological polar surface area (TPSA) is 24.5 Å². The van der Waals surface area contributed by atoms with Crippen molar-refractivity contribution in [2.45, 2.75) is 13.0 Å². The minimum absolute atomic E-state index is 0.778. The van der Waals surface area contributed by atoms with Gasteiger partial charge in [0.15, 0.2) is 0 Å². The summed E-state index contributed by atoms with van der Waals surface area (Å²) in [5, 5.41) is 4.21. The third-order valence-electron chi connectivity index (χ3n) is 2.88. The van der Waals surface area contributed by atoms with Gasteiger partial charge < -0.3 is 15.0 Å². The van der Waals surface area contributed by atoms with Crippen molar-refractivity contribution in [3.63, 3.8) is 0 Å². The summed E-state index contributed by atoms with van der Waals surface area (Å²) in [6.45, 7) is 3.59. The summed E-state index contributed by atoms with van der Waals surface area (Å²) in [7, 11) is 4.14. The molecule has 1 heterocycles. The van der Waals surface area contributed by atoms with Crippen LogP contribution in [0.25, 0.3) is 0 Å². The summed E-state index contributed by atoms with van der Waals surface area (Å²) < 4.78 is 5.65. The molecule has 0 saturated heterocycles. The van der Waals surface area contributed by atoms with Gasteiger partial charge in [0.2, 0.25) is 0 Å². The first-order valence-corrected chi connectivity index (χ1v) is 6.34. The molecule has 0 fully saturated rings. The van der Waals surface area contributed by atoms with Crippen LogP contribution in [-0.4, -0.2) is 38.7 Å². The van der Waals surface area contributed by atoms with Gasteiger partial charge >= 0.3 is 0 Å². The van der Waals surface area contributed by atoms with E-state index in [0.717, 1.165) is 43.4 Å². The van der Waals surface area contributed by atoms with Crippen LogP contribution < -0.4 is 10.1 Å². The fourth-order valence-corrected chi connectivity index (χ4v) is 2.27. The van der Waals surface area contributed by atoms with Crippen LogP contribution in [0.4, 0.5) is 0 Å². The molecular weight excluding hydrogens is 236 g/mol. The van der Waals surface area contributed by atoms with Crippen molar-refractivity contribution in [1.82, 2.24) is 10.2 Å². The summed E-state index contributed by atoms with van der Waals surface area (Å²) in [5.41, 5.74) is 2.41. The van der Waals surface area contributed by atoms with Gasteiger partial charge in [-0.2, -0.15) is 0 Å². The SMILES string of the molecule is CN(C)CCNCc1cc(Cl)cc2c1OCC2. The monoisotopic (exact) mass is 254 g/mol. The van der Waals surface area contributed by atoms with Crippen molar-refractivity contribution < 1.29 is 4.74 Å². The fraction of sp³-hybridized carbons (Fsp3) is 0.538. The highest BCUT2D eigenvalue weighted by Gasteiger charge is 2.17. The molecule has 3 nitrogen and oxygen atoms in total. The van der Waals surface area contributed by atoms with Crippen molar-refractivity contribution >= 4 is 11.6 Å². The maximum absolute atomic E-state index is 6.10. The number of hydrogen-bond acceptors (Lipinski definition) is 3. The molecule has 0 aliphatic carbocycles. The van der Waals surface area contributed by atoms with Gasteiger partial charge in [0.05, 0.1) is 6.61 Å². The lowest BCUT2D eigenvalue weighted by molar-refractivity contribution is 0.351. The number of hydrogen-bond donors (Lipinski definition) is 1. The zero-order chi connectivity index (χ0) is 12.3. The lowest BCUT2D eigenvalue weighted by atomic mass is 10.1. The maximum Gasteiger partial charge on any atom is 0.127 e. The number of rotatable bonds is 5. The van der Waals surface area contributed by atoms with E-state index >= 15 is 0 Å². The highest BCUT2D eigenvalue weighted by atomic mass is 35.5. The van der Waals surface area contributed by atoms with Gasteiger partial charge in [-0.1, -0.05) is 11.6 Å². The Morgan fingerprint density at radius 3 is 3.00 bits per heavy atom. The van der Waals surface area contributed by atoms with Crippen molar-refractivity contribution in [1.29, 1.82) is 0 Å². The van der Waals surface area contributed by atoms with Crippen LogP contribution >= 0.6 is 11.6 Å². The van der Waals surface area contributed by atoms with Gasteiger partial charge in [-0.15, -0.1) is 0 Å². The van der Waals surface area contributed by atoms with E-state index in [1.165, 1.54) is 11.1 Å². The molecule has 0 aromatic heterocycles. The fourth-order valence-electron chi connectivity index (χ4n) is 2.00. The Morgan fingerprint density at radius 1 is 1.41 bits per heavy atom. The Labute approximate surface area is 108 Å². The van der Waals surface area contributed by atoms with Crippen LogP contribution in [0.2, 0.25) is 5.02 Å². The molecule has 0 bridgehead atoms. The van der Waals surface area contributed by atoms with Gasteiger partial charge in [-0.25, -0.2) is 0 Å². The first kappa shape index (κ1) is 12.7. The minimum atomic E-state index is 0.778. The lowest BCUT2D eigenvalue weighted by Crippen LogP contribution is -2.26. The third kappa shape index (κ3) is 3.35. The average Bonchev–Trinajstić information content (AvgIpc) is 2.71. The largest absolute Gasteiger partial charge is 0.493 e. The predicted molar refractivity (Wildman–Crippen MR) is 70.9 cm³/mol. The van der Waals surface area contributed by atoms with E-state index in [2.05, 4.69) is 24.3 Å². The summed E-state index contributed by atoms with van der Waals surface area (Å²) in [6, 6.07) is 4.00. The van der Waals surface area contributed by atoms with Crippen LogP contribution in [0.15, 0.2) is 12.1 Å². The molecule has 17 heavy (non-hydrogen) atoms. The molecule has 0 radical (unpaired) electrons. The highest BCUT2D eigenvalue weighted by molar-refractivity contribution is 6.30. The van der Waals surface area contributed by atoms with Crippen molar-refractivity contribution in [2.75, 3.05) is 33.8 Å². The highest BCUT2D eigenvalue weighted by Crippen LogP contribution is 2.32. The van der Waals surface area contributed by atoms with E-state index in [4.69, 9.17) is 16.3 Å². The predicted octanol–water partition coefficient (Wildman–Crippen LogP) is 1.93. The summed E-state index contributed by atoms with van der Waals surface area (Å²) in [5.74, 6) is 1.03. The molecule has 1 N–H and O–H groups in total. The molecule has 94 valence electrons. The number of benzene rings is 1. The van der Waals surface area contributed by atoms with Crippen molar-refractivity contribution in [2.24, 2.45) is 0 Å². The Balaban J connectivity index is 1.96. The maximum atomic E-state index is 6.10.